The molecular formula is C18H17F3N4O3. The van der Waals surface area contributed by atoms with Crippen LogP contribution in [0.1, 0.15) is 11.4 Å². The third-order valence-electron chi connectivity index (χ3n) is 3.77. The minimum atomic E-state index is -4.74. The Balaban J connectivity index is 1.61. The Bertz CT molecular complexity index is 963. The van der Waals surface area contributed by atoms with Gasteiger partial charge in [-0.15, -0.1) is 13.2 Å². The van der Waals surface area contributed by atoms with Crippen molar-refractivity contribution in [2.24, 2.45) is 0 Å². The van der Waals surface area contributed by atoms with Crippen LogP contribution >= 0.6 is 0 Å². The maximum atomic E-state index is 12.2. The van der Waals surface area contributed by atoms with Gasteiger partial charge in [-0.3, -0.25) is 4.98 Å². The quantitative estimate of drug-likeness (QED) is 0.644. The van der Waals surface area contributed by atoms with Crippen molar-refractivity contribution < 1.29 is 22.6 Å². The minimum Gasteiger partial charge on any atom is -0.497 e. The second kappa shape index (κ2) is 8.07. The SMILES string of the molecule is COc1ccc(NCc2nn(Cc3ccc(OC(F)(F)F)cc3)c(=O)[nH]2)cc1. The summed E-state index contributed by atoms with van der Waals surface area (Å²) in [6.45, 7) is 0.414. The highest BCUT2D eigenvalue weighted by Crippen LogP contribution is 2.22. The smallest absolute Gasteiger partial charge is 0.497 e. The van der Waals surface area contributed by atoms with E-state index in [9.17, 15) is 18.0 Å². The van der Waals surface area contributed by atoms with Gasteiger partial charge in [0.05, 0.1) is 20.2 Å². The minimum absolute atomic E-state index is 0.115. The highest BCUT2D eigenvalue weighted by Gasteiger charge is 2.30. The van der Waals surface area contributed by atoms with Crippen molar-refractivity contribution in [2.45, 2.75) is 19.5 Å². The van der Waals surface area contributed by atoms with Gasteiger partial charge in [-0.25, -0.2) is 9.48 Å². The fraction of sp³-hybridized carbons (Fsp3) is 0.222. The highest BCUT2D eigenvalue weighted by atomic mass is 19.4. The van der Waals surface area contributed by atoms with Gasteiger partial charge in [-0.1, -0.05) is 12.1 Å². The predicted octanol–water partition coefficient (Wildman–Crippen LogP) is 3.14. The van der Waals surface area contributed by atoms with Gasteiger partial charge in [0.2, 0.25) is 0 Å². The van der Waals surface area contributed by atoms with E-state index < -0.39 is 12.1 Å². The summed E-state index contributed by atoms with van der Waals surface area (Å²) in [7, 11) is 1.58. The Morgan fingerprint density at radius 1 is 1.07 bits per heavy atom. The average Bonchev–Trinajstić information content (AvgIpc) is 3.00. The molecule has 0 amide bonds. The fourth-order valence-corrected chi connectivity index (χ4v) is 2.45. The van der Waals surface area contributed by atoms with E-state index in [0.717, 1.165) is 11.4 Å². The number of methoxy groups -OCH3 is 1. The zero-order valence-electron chi connectivity index (χ0n) is 14.8. The predicted molar refractivity (Wildman–Crippen MR) is 95.4 cm³/mol. The number of anilines is 1. The second-order valence-corrected chi connectivity index (χ2v) is 5.81. The number of hydrogen-bond donors (Lipinski definition) is 2. The molecule has 7 nitrogen and oxygen atoms in total. The molecule has 3 aromatic rings. The van der Waals surface area contributed by atoms with Crippen LogP contribution in [-0.2, 0) is 13.1 Å². The van der Waals surface area contributed by atoms with Crippen LogP contribution in [-0.4, -0.2) is 28.2 Å². The van der Waals surface area contributed by atoms with Gasteiger partial charge in [0.25, 0.3) is 0 Å². The number of halogens is 3. The number of nitrogens with one attached hydrogen (secondary N) is 2. The molecule has 0 atom stereocenters. The molecule has 0 radical (unpaired) electrons. The molecule has 0 bridgehead atoms. The number of rotatable bonds is 7. The number of aromatic nitrogens is 3. The van der Waals surface area contributed by atoms with E-state index >= 15 is 0 Å². The summed E-state index contributed by atoms with van der Waals surface area (Å²) in [4.78, 5) is 14.7. The molecule has 0 unspecified atom stereocenters. The molecule has 0 aliphatic heterocycles. The summed E-state index contributed by atoms with van der Waals surface area (Å²) in [5.41, 5.74) is 1.02. The Labute approximate surface area is 157 Å². The van der Waals surface area contributed by atoms with Crippen molar-refractivity contribution in [2.75, 3.05) is 12.4 Å². The molecule has 0 saturated heterocycles. The summed E-state index contributed by atoms with van der Waals surface area (Å²) in [5.74, 6) is 0.836. The molecule has 0 spiro atoms. The van der Waals surface area contributed by atoms with E-state index in [1.54, 1.807) is 19.2 Å². The number of ether oxygens (including phenoxy) is 2. The first-order valence-corrected chi connectivity index (χ1v) is 8.21. The highest BCUT2D eigenvalue weighted by molar-refractivity contribution is 5.46. The molecule has 1 aromatic heterocycles. The van der Waals surface area contributed by atoms with Crippen LogP contribution in [0.3, 0.4) is 0 Å². The maximum absolute atomic E-state index is 12.2. The lowest BCUT2D eigenvalue weighted by molar-refractivity contribution is -0.274. The summed E-state index contributed by atoms with van der Waals surface area (Å²) in [6, 6.07) is 12.5. The Hall–Kier alpha value is -3.43. The van der Waals surface area contributed by atoms with Gasteiger partial charge in [0.15, 0.2) is 0 Å². The molecule has 0 aliphatic carbocycles. The van der Waals surface area contributed by atoms with Gasteiger partial charge in [0.1, 0.15) is 17.3 Å². The average molecular weight is 394 g/mol. The van der Waals surface area contributed by atoms with Crippen LogP contribution in [0.15, 0.2) is 53.3 Å². The number of benzene rings is 2. The lowest BCUT2D eigenvalue weighted by Gasteiger charge is -2.09. The van der Waals surface area contributed by atoms with E-state index in [2.05, 4.69) is 20.1 Å². The molecular weight excluding hydrogens is 377 g/mol. The van der Waals surface area contributed by atoms with Gasteiger partial charge < -0.3 is 14.8 Å². The number of nitrogens with zero attached hydrogens (tertiary/aromatic N) is 2. The van der Waals surface area contributed by atoms with Crippen LogP contribution in [0.5, 0.6) is 11.5 Å². The van der Waals surface area contributed by atoms with Gasteiger partial charge in [0, 0.05) is 5.69 Å². The summed E-state index contributed by atoms with van der Waals surface area (Å²) < 4.78 is 46.7. The largest absolute Gasteiger partial charge is 0.573 e. The number of alkyl halides is 3. The first kappa shape index (κ1) is 19.3. The molecule has 28 heavy (non-hydrogen) atoms. The molecule has 2 N–H and O–H groups in total. The summed E-state index contributed by atoms with van der Waals surface area (Å²) >= 11 is 0. The molecule has 148 valence electrons. The lowest BCUT2D eigenvalue weighted by atomic mass is 10.2. The standard InChI is InChI=1S/C18H17F3N4O3/c1-27-14-8-4-13(5-9-14)22-10-16-23-17(26)25(24-16)11-12-2-6-15(7-3-12)28-18(19,20)21/h2-9,22H,10-11H2,1H3,(H,23,24,26). The van der Waals surface area contributed by atoms with Crippen molar-refractivity contribution in [1.82, 2.24) is 14.8 Å². The van der Waals surface area contributed by atoms with Crippen LogP contribution in [0, 0.1) is 0 Å². The van der Waals surface area contributed by atoms with Crippen molar-refractivity contribution >= 4 is 5.69 Å². The Kier molecular flexibility index (Phi) is 5.57. The van der Waals surface area contributed by atoms with Gasteiger partial charge in [-0.05, 0) is 42.0 Å². The fourth-order valence-electron chi connectivity index (χ4n) is 2.45. The van der Waals surface area contributed by atoms with Crippen LogP contribution in [0.4, 0.5) is 18.9 Å². The van der Waals surface area contributed by atoms with Crippen LogP contribution in [0.25, 0.3) is 0 Å². The Morgan fingerprint density at radius 2 is 1.71 bits per heavy atom. The van der Waals surface area contributed by atoms with Gasteiger partial charge >= 0.3 is 12.1 Å². The number of H-pyrrole nitrogens is 1. The van der Waals surface area contributed by atoms with E-state index in [4.69, 9.17) is 4.74 Å². The van der Waals surface area contributed by atoms with Gasteiger partial charge in [-0.2, -0.15) is 5.10 Å². The topological polar surface area (TPSA) is 81.2 Å². The molecule has 10 heteroatoms. The van der Waals surface area contributed by atoms with E-state index in [1.165, 1.54) is 28.9 Å². The molecule has 0 aliphatic rings. The monoisotopic (exact) mass is 394 g/mol. The van der Waals surface area contributed by atoms with E-state index in [1.807, 2.05) is 12.1 Å². The Morgan fingerprint density at radius 3 is 2.32 bits per heavy atom. The third-order valence-corrected chi connectivity index (χ3v) is 3.77. The second-order valence-electron chi connectivity index (χ2n) is 5.81. The number of aromatic amines is 1. The zero-order valence-corrected chi connectivity index (χ0v) is 14.8. The molecule has 1 heterocycles. The number of hydrogen-bond acceptors (Lipinski definition) is 5. The zero-order chi connectivity index (χ0) is 20.1. The first-order valence-electron chi connectivity index (χ1n) is 8.21. The molecule has 0 fully saturated rings. The summed E-state index contributed by atoms with van der Waals surface area (Å²) in [5, 5.41) is 7.31. The maximum Gasteiger partial charge on any atom is 0.573 e. The molecule has 2 aromatic carbocycles. The molecule has 0 saturated carbocycles. The van der Waals surface area contributed by atoms with E-state index in [-0.39, 0.29) is 12.3 Å². The molecule has 3 rings (SSSR count). The third kappa shape index (κ3) is 5.29. The summed E-state index contributed by atoms with van der Waals surface area (Å²) in [6.07, 6.45) is -4.74. The van der Waals surface area contributed by atoms with Crippen LogP contribution < -0.4 is 20.5 Å². The first-order chi connectivity index (χ1) is 13.3. The van der Waals surface area contributed by atoms with E-state index in [0.29, 0.717) is 17.9 Å². The van der Waals surface area contributed by atoms with Crippen molar-refractivity contribution in [3.05, 3.63) is 70.4 Å². The van der Waals surface area contributed by atoms with Crippen molar-refractivity contribution in [3.63, 3.8) is 0 Å². The van der Waals surface area contributed by atoms with Crippen LogP contribution in [0.2, 0.25) is 0 Å². The normalized spacial score (nSPS) is 11.3. The lowest BCUT2D eigenvalue weighted by Crippen LogP contribution is -2.19. The van der Waals surface area contributed by atoms with Crippen molar-refractivity contribution in [1.29, 1.82) is 0 Å². The van der Waals surface area contributed by atoms with Crippen molar-refractivity contribution in [3.8, 4) is 11.5 Å².